The van der Waals surface area contributed by atoms with E-state index in [1.165, 1.54) is 0 Å². The third-order valence-electron chi connectivity index (χ3n) is 1.66. The molecule has 0 aliphatic carbocycles. The van der Waals surface area contributed by atoms with Crippen molar-refractivity contribution >= 4 is 17.7 Å². The van der Waals surface area contributed by atoms with Gasteiger partial charge in [0.1, 0.15) is 0 Å². The molecule has 5 heteroatoms. The lowest BCUT2D eigenvalue weighted by molar-refractivity contribution is 1.17. The van der Waals surface area contributed by atoms with Crippen molar-refractivity contribution in [1.82, 2.24) is 0 Å². The molecule has 0 heterocycles. The highest BCUT2D eigenvalue weighted by molar-refractivity contribution is 6.30. The van der Waals surface area contributed by atoms with Gasteiger partial charge in [0.15, 0.2) is 0 Å². The first-order chi connectivity index (χ1) is 7.26. The largest absolute Gasteiger partial charge is 0.193 e. The average Bonchev–Trinajstić information content (AvgIpc) is 2.27. The summed E-state index contributed by atoms with van der Waals surface area (Å²) in [4.78, 5) is 2.59. The van der Waals surface area contributed by atoms with Crippen LogP contribution in [0.1, 0.15) is 5.56 Å². The highest BCUT2D eigenvalue weighted by atomic mass is 35.5. The predicted octanol–water partition coefficient (Wildman–Crippen LogP) is 3.56. The number of halogens is 1. The number of benzene rings is 1. The van der Waals surface area contributed by atoms with Gasteiger partial charge in [0, 0.05) is 15.5 Å². The maximum Gasteiger partial charge on any atom is 0.0948 e. The van der Waals surface area contributed by atoms with E-state index in [0.717, 1.165) is 5.56 Å². The van der Waals surface area contributed by atoms with E-state index >= 15 is 0 Å². The van der Waals surface area contributed by atoms with Gasteiger partial charge in [-0.1, -0.05) is 28.8 Å². The van der Waals surface area contributed by atoms with Gasteiger partial charge in [0.05, 0.1) is 12.6 Å². The molecule has 0 radical (unpaired) electrons. The van der Waals surface area contributed by atoms with Crippen molar-refractivity contribution in [1.29, 1.82) is 5.26 Å². The minimum absolute atomic E-state index is 0.0651. The molecule has 0 saturated carbocycles. The summed E-state index contributed by atoms with van der Waals surface area (Å²) in [6, 6.07) is 9.00. The molecule has 15 heavy (non-hydrogen) atoms. The third-order valence-corrected chi connectivity index (χ3v) is 1.91. The molecular formula is C10H7ClN4. The second-order valence-electron chi connectivity index (χ2n) is 2.72. The van der Waals surface area contributed by atoms with Gasteiger partial charge in [0.25, 0.3) is 0 Å². The Bertz CT molecular complexity index is 449. The fourth-order valence-electron chi connectivity index (χ4n) is 0.981. The van der Waals surface area contributed by atoms with Crippen LogP contribution >= 0.6 is 11.6 Å². The molecule has 0 spiro atoms. The normalized spacial score (nSPS) is 10.3. The SMILES string of the molecule is N#C/C(=C\c1ccc(Cl)cc1)CN=[N+]=[N-]. The molecule has 0 aliphatic heterocycles. The van der Waals surface area contributed by atoms with Crippen LogP contribution in [-0.4, -0.2) is 6.54 Å². The summed E-state index contributed by atoms with van der Waals surface area (Å²) >= 11 is 5.71. The van der Waals surface area contributed by atoms with Crippen LogP contribution in [0.15, 0.2) is 35.0 Å². The van der Waals surface area contributed by atoms with E-state index in [2.05, 4.69) is 10.0 Å². The standard InChI is InChI=1S/C10H7ClN4/c11-10-3-1-8(2-4-10)5-9(6-12)7-14-15-13/h1-5H,7H2/b9-5+. The van der Waals surface area contributed by atoms with Crippen LogP contribution < -0.4 is 0 Å². The summed E-state index contributed by atoms with van der Waals surface area (Å²) < 4.78 is 0. The Morgan fingerprint density at radius 2 is 2.20 bits per heavy atom. The summed E-state index contributed by atoms with van der Waals surface area (Å²) in [6.45, 7) is 0.0651. The Morgan fingerprint density at radius 1 is 1.53 bits per heavy atom. The van der Waals surface area contributed by atoms with Gasteiger partial charge in [0.2, 0.25) is 0 Å². The molecule has 74 valence electrons. The van der Waals surface area contributed by atoms with Crippen LogP contribution in [0, 0.1) is 11.3 Å². The molecule has 0 amide bonds. The second-order valence-corrected chi connectivity index (χ2v) is 3.16. The van der Waals surface area contributed by atoms with E-state index in [-0.39, 0.29) is 6.54 Å². The molecule has 4 nitrogen and oxygen atoms in total. The highest BCUT2D eigenvalue weighted by Gasteiger charge is 1.94. The van der Waals surface area contributed by atoms with Crippen LogP contribution in [-0.2, 0) is 0 Å². The number of hydrogen-bond acceptors (Lipinski definition) is 2. The molecule has 0 fully saturated rings. The van der Waals surface area contributed by atoms with Crippen LogP contribution in [0.25, 0.3) is 16.5 Å². The molecule has 0 N–H and O–H groups in total. The Morgan fingerprint density at radius 3 is 2.73 bits per heavy atom. The summed E-state index contributed by atoms with van der Waals surface area (Å²) in [7, 11) is 0. The average molecular weight is 219 g/mol. The number of nitriles is 1. The van der Waals surface area contributed by atoms with Crippen molar-refractivity contribution in [3.05, 3.63) is 50.9 Å². The van der Waals surface area contributed by atoms with Crippen molar-refractivity contribution in [3.63, 3.8) is 0 Å². The Kier molecular flexibility index (Phi) is 4.24. The highest BCUT2D eigenvalue weighted by Crippen LogP contribution is 2.12. The van der Waals surface area contributed by atoms with Crippen LogP contribution in [0.5, 0.6) is 0 Å². The number of hydrogen-bond donors (Lipinski definition) is 0. The second kappa shape index (κ2) is 5.71. The van der Waals surface area contributed by atoms with Crippen molar-refractivity contribution in [2.45, 2.75) is 0 Å². The van der Waals surface area contributed by atoms with Crippen molar-refractivity contribution in [3.8, 4) is 6.07 Å². The lowest BCUT2D eigenvalue weighted by atomic mass is 10.1. The Hall–Kier alpha value is -1.95. The fourth-order valence-corrected chi connectivity index (χ4v) is 1.11. The van der Waals surface area contributed by atoms with E-state index in [0.29, 0.717) is 10.6 Å². The Labute approximate surface area is 92.0 Å². The molecule has 0 atom stereocenters. The molecular weight excluding hydrogens is 212 g/mol. The van der Waals surface area contributed by atoms with Gasteiger partial charge < -0.3 is 0 Å². The van der Waals surface area contributed by atoms with Gasteiger partial charge in [-0.15, -0.1) is 0 Å². The zero-order valence-electron chi connectivity index (χ0n) is 7.76. The molecule has 0 aromatic heterocycles. The predicted molar refractivity (Wildman–Crippen MR) is 59.1 cm³/mol. The topological polar surface area (TPSA) is 72.5 Å². The number of azide groups is 1. The first kappa shape index (κ1) is 11.1. The van der Waals surface area contributed by atoms with Crippen LogP contribution in [0.2, 0.25) is 5.02 Å². The first-order valence-corrected chi connectivity index (χ1v) is 4.51. The summed E-state index contributed by atoms with van der Waals surface area (Å²) in [5.74, 6) is 0. The van der Waals surface area contributed by atoms with E-state index in [1.807, 2.05) is 6.07 Å². The molecule has 1 aromatic rings. The molecule has 0 bridgehead atoms. The van der Waals surface area contributed by atoms with E-state index in [9.17, 15) is 0 Å². The Balaban J connectivity index is 2.89. The third kappa shape index (κ3) is 3.74. The lowest BCUT2D eigenvalue weighted by Crippen LogP contribution is -1.83. The van der Waals surface area contributed by atoms with Crippen molar-refractivity contribution in [2.75, 3.05) is 6.54 Å². The molecule has 1 rings (SSSR count). The monoisotopic (exact) mass is 218 g/mol. The quantitative estimate of drug-likeness (QED) is 0.331. The van der Waals surface area contributed by atoms with E-state index in [1.54, 1.807) is 30.3 Å². The lowest BCUT2D eigenvalue weighted by Gasteiger charge is -1.95. The molecule has 0 aliphatic rings. The van der Waals surface area contributed by atoms with Gasteiger partial charge in [-0.2, -0.15) is 5.26 Å². The van der Waals surface area contributed by atoms with Crippen molar-refractivity contribution in [2.24, 2.45) is 5.11 Å². The summed E-state index contributed by atoms with van der Waals surface area (Å²) in [5.41, 5.74) is 9.38. The maximum atomic E-state index is 8.74. The van der Waals surface area contributed by atoms with Gasteiger partial charge in [-0.25, -0.2) is 0 Å². The van der Waals surface area contributed by atoms with Crippen molar-refractivity contribution < 1.29 is 0 Å². The van der Waals surface area contributed by atoms with E-state index in [4.69, 9.17) is 22.4 Å². The zero-order chi connectivity index (χ0) is 11.1. The fraction of sp³-hybridized carbons (Fsp3) is 0.100. The minimum atomic E-state index is 0.0651. The molecule has 0 saturated heterocycles. The van der Waals surface area contributed by atoms with Gasteiger partial charge >= 0.3 is 0 Å². The maximum absolute atomic E-state index is 8.74. The summed E-state index contributed by atoms with van der Waals surface area (Å²) in [5, 5.41) is 12.7. The summed E-state index contributed by atoms with van der Waals surface area (Å²) in [6.07, 6.45) is 1.66. The van der Waals surface area contributed by atoms with Gasteiger partial charge in [-0.05, 0) is 29.3 Å². The minimum Gasteiger partial charge on any atom is -0.193 e. The van der Waals surface area contributed by atoms with Crippen LogP contribution in [0.4, 0.5) is 0 Å². The smallest absolute Gasteiger partial charge is 0.0948 e. The number of rotatable bonds is 3. The molecule has 0 unspecified atom stereocenters. The first-order valence-electron chi connectivity index (χ1n) is 4.13. The number of nitrogens with zero attached hydrogens (tertiary/aromatic N) is 4. The molecule has 1 aromatic carbocycles. The van der Waals surface area contributed by atoms with Gasteiger partial charge in [-0.3, -0.25) is 0 Å². The zero-order valence-corrected chi connectivity index (χ0v) is 8.52. The van der Waals surface area contributed by atoms with E-state index < -0.39 is 0 Å². The van der Waals surface area contributed by atoms with Crippen LogP contribution in [0.3, 0.4) is 0 Å².